The van der Waals surface area contributed by atoms with Crippen LogP contribution in [0.2, 0.25) is 0 Å². The molecular formula is C22H26O. The number of benzene rings is 2. The Labute approximate surface area is 140 Å². The summed E-state index contributed by atoms with van der Waals surface area (Å²) in [6, 6.07) is 18.0. The fourth-order valence-electron chi connectivity index (χ4n) is 2.60. The van der Waals surface area contributed by atoms with Gasteiger partial charge < -0.3 is 0 Å². The van der Waals surface area contributed by atoms with Crippen molar-refractivity contribution in [3.05, 3.63) is 77.4 Å². The Morgan fingerprint density at radius 3 is 2.26 bits per heavy atom. The lowest BCUT2D eigenvalue weighted by Gasteiger charge is -2.03. The highest BCUT2D eigenvalue weighted by Gasteiger charge is 2.02. The van der Waals surface area contributed by atoms with Crippen LogP contribution in [-0.2, 0) is 6.42 Å². The van der Waals surface area contributed by atoms with Crippen LogP contribution in [0.3, 0.4) is 0 Å². The molecule has 0 saturated carbocycles. The van der Waals surface area contributed by atoms with Gasteiger partial charge in [-0.15, -0.1) is 0 Å². The molecule has 0 aromatic heterocycles. The van der Waals surface area contributed by atoms with Crippen molar-refractivity contribution in [2.45, 2.75) is 45.4 Å². The van der Waals surface area contributed by atoms with Gasteiger partial charge in [0.2, 0.25) is 0 Å². The van der Waals surface area contributed by atoms with E-state index in [1.807, 2.05) is 48.5 Å². The van der Waals surface area contributed by atoms with E-state index in [1.54, 1.807) is 6.08 Å². The van der Waals surface area contributed by atoms with Crippen LogP contribution in [0.1, 0.15) is 60.5 Å². The number of hydrogen-bond donors (Lipinski definition) is 0. The van der Waals surface area contributed by atoms with Crippen molar-refractivity contribution in [2.75, 3.05) is 0 Å². The zero-order valence-electron chi connectivity index (χ0n) is 14.0. The third kappa shape index (κ3) is 6.23. The molecule has 0 atom stereocenters. The molecule has 0 unspecified atom stereocenters. The summed E-state index contributed by atoms with van der Waals surface area (Å²) in [7, 11) is 0. The second kappa shape index (κ2) is 9.78. The second-order valence-electron chi connectivity index (χ2n) is 5.97. The molecule has 1 heteroatoms. The minimum atomic E-state index is 0.0587. The summed E-state index contributed by atoms with van der Waals surface area (Å²) in [4.78, 5) is 12.2. The van der Waals surface area contributed by atoms with Gasteiger partial charge in [0.15, 0.2) is 5.78 Å². The van der Waals surface area contributed by atoms with Crippen LogP contribution in [0.4, 0.5) is 0 Å². The minimum Gasteiger partial charge on any atom is -0.289 e. The van der Waals surface area contributed by atoms with E-state index in [0.29, 0.717) is 0 Å². The van der Waals surface area contributed by atoms with Gasteiger partial charge >= 0.3 is 0 Å². The van der Waals surface area contributed by atoms with Crippen molar-refractivity contribution >= 4 is 11.9 Å². The van der Waals surface area contributed by atoms with E-state index < -0.39 is 0 Å². The Hall–Kier alpha value is -2.15. The highest BCUT2D eigenvalue weighted by molar-refractivity contribution is 6.06. The molecule has 120 valence electrons. The van der Waals surface area contributed by atoms with Crippen molar-refractivity contribution in [3.8, 4) is 0 Å². The van der Waals surface area contributed by atoms with Gasteiger partial charge in [0.05, 0.1) is 0 Å². The van der Waals surface area contributed by atoms with E-state index in [-0.39, 0.29) is 5.78 Å². The molecule has 0 aliphatic heterocycles. The van der Waals surface area contributed by atoms with Gasteiger partial charge in [0.25, 0.3) is 0 Å². The third-order valence-electron chi connectivity index (χ3n) is 4.03. The summed E-state index contributed by atoms with van der Waals surface area (Å²) in [6.07, 6.45) is 11.1. The number of hydrogen-bond acceptors (Lipinski definition) is 1. The lowest BCUT2D eigenvalue weighted by atomic mass is 10.0. The van der Waals surface area contributed by atoms with Gasteiger partial charge in [-0.1, -0.05) is 93.3 Å². The first kappa shape index (κ1) is 17.2. The molecule has 0 radical (unpaired) electrons. The number of unbranched alkanes of at least 4 members (excludes halogenated alkanes) is 4. The van der Waals surface area contributed by atoms with Crippen LogP contribution in [0.5, 0.6) is 0 Å². The molecule has 0 aliphatic rings. The number of carbonyl (C=O) groups excluding carboxylic acids is 1. The Morgan fingerprint density at radius 1 is 0.870 bits per heavy atom. The molecule has 0 saturated heterocycles. The molecule has 0 spiro atoms. The van der Waals surface area contributed by atoms with Crippen molar-refractivity contribution < 1.29 is 4.79 Å². The van der Waals surface area contributed by atoms with E-state index >= 15 is 0 Å². The maximum Gasteiger partial charge on any atom is 0.185 e. The van der Waals surface area contributed by atoms with Crippen LogP contribution in [-0.4, -0.2) is 5.78 Å². The van der Waals surface area contributed by atoms with Gasteiger partial charge in [0.1, 0.15) is 0 Å². The third-order valence-corrected chi connectivity index (χ3v) is 4.03. The average molecular weight is 306 g/mol. The molecule has 0 aliphatic carbocycles. The fourth-order valence-corrected chi connectivity index (χ4v) is 2.60. The molecule has 0 amide bonds. The first-order valence-electron chi connectivity index (χ1n) is 8.66. The zero-order valence-corrected chi connectivity index (χ0v) is 14.0. The predicted octanol–water partition coefficient (Wildman–Crippen LogP) is 6.10. The predicted molar refractivity (Wildman–Crippen MR) is 98.7 cm³/mol. The summed E-state index contributed by atoms with van der Waals surface area (Å²) in [6.45, 7) is 2.24. The molecule has 0 N–H and O–H groups in total. The standard InChI is InChI=1S/C22H26O/c1-2-3-4-5-7-12-20-13-16-21(17-14-20)22(23)18-15-19-10-8-6-9-11-19/h6,8-11,13-18H,2-5,7,12H2,1H3. The van der Waals surface area contributed by atoms with Gasteiger partial charge in [-0.05, 0) is 30.0 Å². The SMILES string of the molecule is CCCCCCCc1ccc(C(=O)C=Cc2ccccc2)cc1. The summed E-state index contributed by atoms with van der Waals surface area (Å²) >= 11 is 0. The van der Waals surface area contributed by atoms with Crippen LogP contribution in [0, 0.1) is 0 Å². The maximum atomic E-state index is 12.2. The van der Waals surface area contributed by atoms with Gasteiger partial charge in [0, 0.05) is 5.56 Å². The monoisotopic (exact) mass is 306 g/mol. The molecule has 1 nitrogen and oxygen atoms in total. The highest BCUT2D eigenvalue weighted by atomic mass is 16.1. The van der Waals surface area contributed by atoms with E-state index in [0.717, 1.165) is 17.5 Å². The van der Waals surface area contributed by atoms with Crippen molar-refractivity contribution in [1.82, 2.24) is 0 Å². The summed E-state index contributed by atoms with van der Waals surface area (Å²) in [5.41, 5.74) is 3.13. The van der Waals surface area contributed by atoms with Crippen molar-refractivity contribution in [2.24, 2.45) is 0 Å². The fraction of sp³-hybridized carbons (Fsp3) is 0.318. The Bertz CT molecular complexity index is 608. The first-order chi connectivity index (χ1) is 11.3. The number of allylic oxidation sites excluding steroid dienone is 1. The molecule has 0 bridgehead atoms. The summed E-state index contributed by atoms with van der Waals surface area (Å²) in [5, 5.41) is 0. The van der Waals surface area contributed by atoms with Crippen LogP contribution >= 0.6 is 0 Å². The van der Waals surface area contributed by atoms with Crippen LogP contribution < -0.4 is 0 Å². The minimum absolute atomic E-state index is 0.0587. The number of aryl methyl sites for hydroxylation is 1. The molecule has 23 heavy (non-hydrogen) atoms. The molecule has 0 fully saturated rings. The topological polar surface area (TPSA) is 17.1 Å². The van der Waals surface area contributed by atoms with Crippen molar-refractivity contribution in [1.29, 1.82) is 0 Å². The average Bonchev–Trinajstić information content (AvgIpc) is 2.61. The molecule has 0 heterocycles. The largest absolute Gasteiger partial charge is 0.289 e. The molecule has 2 rings (SSSR count). The van der Waals surface area contributed by atoms with Gasteiger partial charge in [-0.2, -0.15) is 0 Å². The maximum absolute atomic E-state index is 12.2. The van der Waals surface area contributed by atoms with Crippen LogP contribution in [0.25, 0.3) is 6.08 Å². The Kier molecular flexibility index (Phi) is 7.32. The smallest absolute Gasteiger partial charge is 0.185 e. The van der Waals surface area contributed by atoms with Crippen LogP contribution in [0.15, 0.2) is 60.7 Å². The first-order valence-corrected chi connectivity index (χ1v) is 8.66. The van der Waals surface area contributed by atoms with E-state index in [2.05, 4.69) is 19.1 Å². The summed E-state index contributed by atoms with van der Waals surface area (Å²) < 4.78 is 0. The van der Waals surface area contributed by atoms with Crippen molar-refractivity contribution in [3.63, 3.8) is 0 Å². The van der Waals surface area contributed by atoms with E-state index in [1.165, 1.54) is 37.7 Å². The van der Waals surface area contributed by atoms with Gasteiger partial charge in [-0.3, -0.25) is 4.79 Å². The normalized spacial score (nSPS) is 11.0. The molecular weight excluding hydrogens is 280 g/mol. The Balaban J connectivity index is 1.84. The second-order valence-corrected chi connectivity index (χ2v) is 5.97. The molecule has 2 aromatic carbocycles. The number of carbonyl (C=O) groups is 1. The lowest BCUT2D eigenvalue weighted by molar-refractivity contribution is 0.104. The summed E-state index contributed by atoms with van der Waals surface area (Å²) in [5.74, 6) is 0.0587. The van der Waals surface area contributed by atoms with Gasteiger partial charge in [-0.25, -0.2) is 0 Å². The van der Waals surface area contributed by atoms with E-state index in [9.17, 15) is 4.79 Å². The van der Waals surface area contributed by atoms with E-state index in [4.69, 9.17) is 0 Å². The highest BCUT2D eigenvalue weighted by Crippen LogP contribution is 2.12. The lowest BCUT2D eigenvalue weighted by Crippen LogP contribution is -1.95. The quantitative estimate of drug-likeness (QED) is 0.311. The number of rotatable bonds is 9. The number of ketones is 1. The molecule has 2 aromatic rings. The zero-order chi connectivity index (χ0) is 16.3. The Morgan fingerprint density at radius 2 is 1.57 bits per heavy atom.